The first-order chi connectivity index (χ1) is 10.3. The fraction of sp³-hybridized carbons (Fsp3) is 0.333. The first kappa shape index (κ1) is 15.9. The number of carbonyl (C=O) groups is 2. The largest absolute Gasteiger partial charge is 0.480 e. The SMILES string of the molecule is Cc1cc(C)c2cc(C(=O)NC(CC(F)F)C(=O)O)[nH]c2c1. The molecule has 0 saturated carbocycles. The van der Waals surface area contributed by atoms with E-state index in [1.165, 1.54) is 0 Å². The third kappa shape index (κ3) is 3.41. The molecule has 0 bridgehead atoms. The van der Waals surface area contributed by atoms with E-state index in [0.717, 1.165) is 22.0 Å². The summed E-state index contributed by atoms with van der Waals surface area (Å²) in [5, 5.41) is 11.8. The Kier molecular flexibility index (Phi) is 4.44. The Morgan fingerprint density at radius 1 is 1.27 bits per heavy atom. The molecule has 1 aromatic heterocycles. The maximum absolute atomic E-state index is 12.3. The highest BCUT2D eigenvalue weighted by Gasteiger charge is 2.25. The smallest absolute Gasteiger partial charge is 0.326 e. The van der Waals surface area contributed by atoms with Gasteiger partial charge in [0.1, 0.15) is 11.7 Å². The van der Waals surface area contributed by atoms with Gasteiger partial charge in [0.15, 0.2) is 0 Å². The summed E-state index contributed by atoms with van der Waals surface area (Å²) in [6.45, 7) is 3.80. The lowest BCUT2D eigenvalue weighted by molar-refractivity contribution is -0.140. The molecule has 7 heteroatoms. The number of nitrogens with one attached hydrogen (secondary N) is 2. The maximum Gasteiger partial charge on any atom is 0.326 e. The summed E-state index contributed by atoms with van der Waals surface area (Å²) >= 11 is 0. The van der Waals surface area contributed by atoms with Gasteiger partial charge in [-0.2, -0.15) is 0 Å². The molecule has 118 valence electrons. The first-order valence-electron chi connectivity index (χ1n) is 6.69. The van der Waals surface area contributed by atoms with Crippen LogP contribution in [-0.2, 0) is 4.79 Å². The van der Waals surface area contributed by atoms with Gasteiger partial charge >= 0.3 is 5.97 Å². The Hall–Kier alpha value is -2.44. The third-order valence-electron chi connectivity index (χ3n) is 3.35. The van der Waals surface area contributed by atoms with Crippen LogP contribution in [0.15, 0.2) is 18.2 Å². The molecule has 1 unspecified atom stereocenters. The van der Waals surface area contributed by atoms with Crippen molar-refractivity contribution in [2.24, 2.45) is 0 Å². The highest BCUT2D eigenvalue weighted by molar-refractivity contribution is 6.00. The Morgan fingerprint density at radius 3 is 2.55 bits per heavy atom. The average molecular weight is 310 g/mol. The summed E-state index contributed by atoms with van der Waals surface area (Å²) in [6.07, 6.45) is -3.74. The Bertz CT molecular complexity index is 725. The fourth-order valence-corrected chi connectivity index (χ4v) is 2.36. The molecular weight excluding hydrogens is 294 g/mol. The van der Waals surface area contributed by atoms with Crippen molar-refractivity contribution < 1.29 is 23.5 Å². The second-order valence-corrected chi connectivity index (χ2v) is 5.22. The quantitative estimate of drug-likeness (QED) is 0.794. The van der Waals surface area contributed by atoms with E-state index >= 15 is 0 Å². The van der Waals surface area contributed by atoms with E-state index in [9.17, 15) is 18.4 Å². The number of H-pyrrole nitrogens is 1. The molecule has 1 aromatic carbocycles. The van der Waals surface area contributed by atoms with Crippen LogP contribution in [0, 0.1) is 13.8 Å². The topological polar surface area (TPSA) is 82.2 Å². The summed E-state index contributed by atoms with van der Waals surface area (Å²) in [5.41, 5.74) is 2.86. The van der Waals surface area contributed by atoms with Crippen molar-refractivity contribution in [3.63, 3.8) is 0 Å². The van der Waals surface area contributed by atoms with Gasteiger partial charge in [-0.05, 0) is 37.1 Å². The molecule has 1 atom stereocenters. The van der Waals surface area contributed by atoms with E-state index in [-0.39, 0.29) is 5.69 Å². The number of alkyl halides is 2. The number of rotatable bonds is 5. The number of benzene rings is 1. The van der Waals surface area contributed by atoms with Gasteiger partial charge in [-0.3, -0.25) is 4.79 Å². The van der Waals surface area contributed by atoms with Crippen molar-refractivity contribution in [1.82, 2.24) is 10.3 Å². The van der Waals surface area contributed by atoms with Crippen LogP contribution in [0.4, 0.5) is 8.78 Å². The molecule has 1 amide bonds. The first-order valence-corrected chi connectivity index (χ1v) is 6.69. The standard InChI is InChI=1S/C15H16F2N2O3/c1-7-3-8(2)9-5-11(18-10(9)4-7)14(20)19-12(15(21)22)6-13(16)17/h3-5,12-13,18H,6H2,1-2H3,(H,19,20)(H,21,22). The van der Waals surface area contributed by atoms with Gasteiger partial charge in [0.25, 0.3) is 5.91 Å². The van der Waals surface area contributed by atoms with Crippen LogP contribution >= 0.6 is 0 Å². The monoisotopic (exact) mass is 310 g/mol. The lowest BCUT2D eigenvalue weighted by Crippen LogP contribution is -2.42. The fourth-order valence-electron chi connectivity index (χ4n) is 2.36. The number of carboxylic acid groups (broad SMARTS) is 1. The molecule has 3 N–H and O–H groups in total. The summed E-state index contributed by atoms with van der Waals surface area (Å²) in [7, 11) is 0. The second-order valence-electron chi connectivity index (χ2n) is 5.22. The minimum absolute atomic E-state index is 0.143. The van der Waals surface area contributed by atoms with Crippen LogP contribution < -0.4 is 5.32 Å². The van der Waals surface area contributed by atoms with Crippen molar-refractivity contribution in [1.29, 1.82) is 0 Å². The van der Waals surface area contributed by atoms with Crippen LogP contribution in [0.5, 0.6) is 0 Å². The van der Waals surface area contributed by atoms with Gasteiger partial charge in [-0.25, -0.2) is 13.6 Å². The molecule has 2 aromatic rings. The number of aromatic amines is 1. The number of amides is 1. The molecule has 0 saturated heterocycles. The van der Waals surface area contributed by atoms with Crippen molar-refractivity contribution in [3.8, 4) is 0 Å². The molecule has 2 rings (SSSR count). The molecule has 22 heavy (non-hydrogen) atoms. The lowest BCUT2D eigenvalue weighted by Gasteiger charge is -2.13. The summed E-state index contributed by atoms with van der Waals surface area (Å²) in [4.78, 5) is 25.9. The molecule has 0 aliphatic rings. The maximum atomic E-state index is 12.3. The van der Waals surface area contributed by atoms with Crippen LogP contribution in [-0.4, -0.2) is 34.4 Å². The number of fused-ring (bicyclic) bond motifs is 1. The number of aliphatic carboxylic acids is 1. The number of hydrogen-bond donors (Lipinski definition) is 3. The van der Waals surface area contributed by atoms with Crippen LogP contribution in [0.2, 0.25) is 0 Å². The van der Waals surface area contributed by atoms with E-state index in [4.69, 9.17) is 5.11 Å². The number of hydrogen-bond acceptors (Lipinski definition) is 2. The molecule has 0 radical (unpaired) electrons. The molecule has 0 aliphatic heterocycles. The van der Waals surface area contributed by atoms with Gasteiger partial charge in [0.05, 0.1) is 0 Å². The molecule has 0 spiro atoms. The minimum atomic E-state index is -2.81. The van der Waals surface area contributed by atoms with Crippen molar-refractivity contribution in [2.45, 2.75) is 32.7 Å². The number of halogens is 2. The number of carboxylic acids is 1. The average Bonchev–Trinajstić information content (AvgIpc) is 2.81. The normalized spacial score (nSPS) is 12.6. The number of aromatic nitrogens is 1. The summed E-state index contributed by atoms with van der Waals surface area (Å²) in [5.74, 6) is -2.21. The number of aryl methyl sites for hydroxylation is 2. The summed E-state index contributed by atoms with van der Waals surface area (Å²) in [6, 6.07) is 3.77. The van der Waals surface area contributed by atoms with Crippen molar-refractivity contribution in [2.75, 3.05) is 0 Å². The van der Waals surface area contributed by atoms with Crippen LogP contribution in [0.1, 0.15) is 28.0 Å². The highest BCUT2D eigenvalue weighted by atomic mass is 19.3. The van der Waals surface area contributed by atoms with Gasteiger partial charge < -0.3 is 15.4 Å². The molecule has 1 heterocycles. The second kappa shape index (κ2) is 6.13. The summed E-state index contributed by atoms with van der Waals surface area (Å²) < 4.78 is 24.7. The molecule has 0 aliphatic carbocycles. The van der Waals surface area contributed by atoms with Crippen molar-refractivity contribution >= 4 is 22.8 Å². The Balaban J connectivity index is 2.25. The van der Waals surface area contributed by atoms with Gasteiger partial charge in [0.2, 0.25) is 6.43 Å². The van der Waals surface area contributed by atoms with E-state index < -0.39 is 30.8 Å². The highest BCUT2D eigenvalue weighted by Crippen LogP contribution is 2.21. The van der Waals surface area contributed by atoms with Gasteiger partial charge in [-0.15, -0.1) is 0 Å². The van der Waals surface area contributed by atoms with Crippen molar-refractivity contribution in [3.05, 3.63) is 35.0 Å². The zero-order chi connectivity index (χ0) is 16.4. The zero-order valence-electron chi connectivity index (χ0n) is 12.1. The predicted octanol–water partition coefficient (Wildman–Crippen LogP) is 2.62. The Morgan fingerprint density at radius 2 is 1.95 bits per heavy atom. The Labute approximate surface area is 125 Å². The molecule has 0 fully saturated rings. The predicted molar refractivity (Wildman–Crippen MR) is 77.3 cm³/mol. The number of carbonyl (C=O) groups excluding carboxylic acids is 1. The van der Waals surface area contributed by atoms with E-state index in [1.54, 1.807) is 6.07 Å². The van der Waals surface area contributed by atoms with E-state index in [0.29, 0.717) is 0 Å². The lowest BCUT2D eigenvalue weighted by atomic mass is 10.1. The van der Waals surface area contributed by atoms with Crippen LogP contribution in [0.25, 0.3) is 10.9 Å². The third-order valence-corrected chi connectivity index (χ3v) is 3.35. The zero-order valence-corrected chi connectivity index (χ0v) is 12.1. The molecule has 5 nitrogen and oxygen atoms in total. The van der Waals surface area contributed by atoms with E-state index in [1.807, 2.05) is 26.0 Å². The minimum Gasteiger partial charge on any atom is -0.480 e. The van der Waals surface area contributed by atoms with Gasteiger partial charge in [-0.1, -0.05) is 6.07 Å². The van der Waals surface area contributed by atoms with Gasteiger partial charge in [0, 0.05) is 17.3 Å². The van der Waals surface area contributed by atoms with E-state index in [2.05, 4.69) is 10.3 Å². The van der Waals surface area contributed by atoms with Crippen LogP contribution in [0.3, 0.4) is 0 Å². The molecular formula is C15H16F2N2O3.